The molecule has 1 N–H and O–H groups in total. The van der Waals surface area contributed by atoms with Crippen LogP contribution in [0.2, 0.25) is 0 Å². The summed E-state index contributed by atoms with van der Waals surface area (Å²) >= 11 is 0. The average Bonchev–Trinajstić information content (AvgIpc) is 3.20. The first-order valence-corrected chi connectivity index (χ1v) is 11.1. The summed E-state index contributed by atoms with van der Waals surface area (Å²) in [5.41, 5.74) is 3.93. The fourth-order valence-electron chi connectivity index (χ4n) is 4.39. The van der Waals surface area contributed by atoms with Crippen LogP contribution >= 0.6 is 0 Å². The van der Waals surface area contributed by atoms with Gasteiger partial charge in [-0.3, -0.25) is 9.59 Å². The third kappa shape index (κ3) is 4.50. The standard InChI is InChI=1S/C25H31N3O2/c1-18(2)19-10-12-21(13-11-19)26-22-7-4-14-27(17-22)25(30)20-6-3-8-23(16-20)28-15-5-9-24(28)29/h3,6,8,10-13,16,18,22,26H,4-5,7,9,14-15,17H2,1-2H3/t22-/m1/s1. The molecule has 158 valence electrons. The summed E-state index contributed by atoms with van der Waals surface area (Å²) in [5, 5.41) is 3.60. The number of carbonyl (C=O) groups excluding carboxylic acids is 2. The highest BCUT2D eigenvalue weighted by molar-refractivity contribution is 5.99. The molecule has 0 radical (unpaired) electrons. The Balaban J connectivity index is 1.41. The normalized spacial score (nSPS) is 19.4. The SMILES string of the molecule is CC(C)c1ccc(N[C@@H]2CCCN(C(=O)c3cccc(N4CCCC4=O)c3)C2)cc1. The summed E-state index contributed by atoms with van der Waals surface area (Å²) in [6, 6.07) is 16.4. The molecule has 2 aliphatic heterocycles. The van der Waals surface area contributed by atoms with Gasteiger partial charge in [0.25, 0.3) is 5.91 Å². The van der Waals surface area contributed by atoms with Crippen molar-refractivity contribution < 1.29 is 9.59 Å². The molecular formula is C25H31N3O2. The van der Waals surface area contributed by atoms with E-state index in [4.69, 9.17) is 0 Å². The van der Waals surface area contributed by atoms with E-state index in [0.717, 1.165) is 43.7 Å². The van der Waals surface area contributed by atoms with Crippen molar-refractivity contribution in [1.29, 1.82) is 0 Å². The van der Waals surface area contributed by atoms with Gasteiger partial charge in [-0.1, -0.05) is 32.0 Å². The molecule has 0 aliphatic carbocycles. The fourth-order valence-corrected chi connectivity index (χ4v) is 4.39. The molecule has 1 atom stereocenters. The van der Waals surface area contributed by atoms with Crippen molar-refractivity contribution in [2.24, 2.45) is 0 Å². The van der Waals surface area contributed by atoms with Gasteiger partial charge in [-0.25, -0.2) is 0 Å². The third-order valence-corrected chi connectivity index (χ3v) is 6.13. The molecule has 0 aromatic heterocycles. The lowest BCUT2D eigenvalue weighted by molar-refractivity contribution is -0.117. The van der Waals surface area contributed by atoms with E-state index >= 15 is 0 Å². The Kier molecular flexibility index (Phi) is 6.07. The lowest BCUT2D eigenvalue weighted by Gasteiger charge is -2.34. The number of nitrogens with one attached hydrogen (secondary N) is 1. The number of hydrogen-bond acceptors (Lipinski definition) is 3. The van der Waals surface area contributed by atoms with Crippen LogP contribution in [0.3, 0.4) is 0 Å². The van der Waals surface area contributed by atoms with Crippen LogP contribution in [0.4, 0.5) is 11.4 Å². The molecular weight excluding hydrogens is 374 g/mol. The number of amides is 2. The molecule has 2 amide bonds. The number of likely N-dealkylation sites (tertiary alicyclic amines) is 1. The maximum absolute atomic E-state index is 13.2. The van der Waals surface area contributed by atoms with Crippen LogP contribution in [0.5, 0.6) is 0 Å². The predicted octanol–water partition coefficient (Wildman–Crippen LogP) is 4.65. The van der Waals surface area contributed by atoms with Gasteiger partial charge < -0.3 is 15.1 Å². The van der Waals surface area contributed by atoms with Crippen molar-refractivity contribution in [1.82, 2.24) is 4.90 Å². The minimum absolute atomic E-state index is 0.0464. The summed E-state index contributed by atoms with van der Waals surface area (Å²) in [4.78, 5) is 28.9. The van der Waals surface area contributed by atoms with Crippen molar-refractivity contribution >= 4 is 23.2 Å². The fraction of sp³-hybridized carbons (Fsp3) is 0.440. The zero-order valence-electron chi connectivity index (χ0n) is 17.9. The van der Waals surface area contributed by atoms with Crippen LogP contribution in [-0.4, -0.2) is 42.4 Å². The Morgan fingerprint density at radius 2 is 1.87 bits per heavy atom. The first-order valence-electron chi connectivity index (χ1n) is 11.1. The molecule has 0 unspecified atom stereocenters. The second kappa shape index (κ2) is 8.90. The van der Waals surface area contributed by atoms with E-state index in [1.54, 1.807) is 4.90 Å². The lowest BCUT2D eigenvalue weighted by atomic mass is 10.0. The zero-order valence-corrected chi connectivity index (χ0v) is 17.9. The van der Waals surface area contributed by atoms with Gasteiger partial charge in [0.2, 0.25) is 5.91 Å². The Morgan fingerprint density at radius 1 is 1.07 bits per heavy atom. The Morgan fingerprint density at radius 3 is 2.57 bits per heavy atom. The summed E-state index contributed by atoms with van der Waals surface area (Å²) in [5.74, 6) is 0.712. The second-order valence-corrected chi connectivity index (χ2v) is 8.71. The molecule has 2 aromatic rings. The molecule has 30 heavy (non-hydrogen) atoms. The van der Waals surface area contributed by atoms with Crippen molar-refractivity contribution in [2.75, 3.05) is 29.9 Å². The van der Waals surface area contributed by atoms with Crippen LogP contribution in [-0.2, 0) is 4.79 Å². The van der Waals surface area contributed by atoms with Gasteiger partial charge in [-0.15, -0.1) is 0 Å². The molecule has 2 fully saturated rings. The molecule has 2 aromatic carbocycles. The van der Waals surface area contributed by atoms with Crippen molar-refractivity contribution in [3.05, 3.63) is 59.7 Å². The summed E-state index contributed by atoms with van der Waals surface area (Å²) in [6.07, 6.45) is 3.51. The number of hydrogen-bond donors (Lipinski definition) is 1. The first kappa shape index (κ1) is 20.5. The summed E-state index contributed by atoms with van der Waals surface area (Å²) in [6.45, 7) is 6.60. The maximum atomic E-state index is 13.2. The molecule has 0 bridgehead atoms. The smallest absolute Gasteiger partial charge is 0.253 e. The van der Waals surface area contributed by atoms with E-state index in [-0.39, 0.29) is 17.9 Å². The van der Waals surface area contributed by atoms with Crippen LogP contribution in [0.1, 0.15) is 61.4 Å². The molecule has 0 spiro atoms. The molecule has 4 rings (SSSR count). The molecule has 0 saturated carbocycles. The quantitative estimate of drug-likeness (QED) is 0.788. The highest BCUT2D eigenvalue weighted by Crippen LogP contribution is 2.24. The topological polar surface area (TPSA) is 52.7 Å². The van der Waals surface area contributed by atoms with Gasteiger partial charge >= 0.3 is 0 Å². The second-order valence-electron chi connectivity index (χ2n) is 8.71. The van der Waals surface area contributed by atoms with Gasteiger partial charge in [0.05, 0.1) is 0 Å². The molecule has 2 heterocycles. The number of anilines is 2. The zero-order chi connectivity index (χ0) is 21.1. The summed E-state index contributed by atoms with van der Waals surface area (Å²) in [7, 11) is 0. The number of benzene rings is 2. The Labute approximate surface area is 179 Å². The Bertz CT molecular complexity index is 907. The molecule has 2 aliphatic rings. The van der Waals surface area contributed by atoms with E-state index in [9.17, 15) is 9.59 Å². The maximum Gasteiger partial charge on any atom is 0.253 e. The number of rotatable bonds is 5. The van der Waals surface area contributed by atoms with Crippen LogP contribution in [0.25, 0.3) is 0 Å². The molecule has 2 saturated heterocycles. The van der Waals surface area contributed by atoms with Crippen molar-refractivity contribution in [3.63, 3.8) is 0 Å². The number of nitrogens with zero attached hydrogens (tertiary/aromatic N) is 2. The highest BCUT2D eigenvalue weighted by Gasteiger charge is 2.26. The van der Waals surface area contributed by atoms with Crippen LogP contribution in [0.15, 0.2) is 48.5 Å². The molecule has 5 nitrogen and oxygen atoms in total. The monoisotopic (exact) mass is 405 g/mol. The van der Waals surface area contributed by atoms with E-state index < -0.39 is 0 Å². The minimum Gasteiger partial charge on any atom is -0.381 e. The van der Waals surface area contributed by atoms with Gasteiger partial charge in [0, 0.05) is 49.0 Å². The largest absolute Gasteiger partial charge is 0.381 e. The molecule has 5 heteroatoms. The predicted molar refractivity (Wildman–Crippen MR) is 121 cm³/mol. The number of carbonyl (C=O) groups is 2. The van der Waals surface area contributed by atoms with E-state index in [1.165, 1.54) is 5.56 Å². The number of piperidine rings is 1. The average molecular weight is 406 g/mol. The van der Waals surface area contributed by atoms with Gasteiger partial charge in [-0.2, -0.15) is 0 Å². The van der Waals surface area contributed by atoms with Gasteiger partial charge in [-0.05, 0) is 61.1 Å². The first-order chi connectivity index (χ1) is 14.5. The van der Waals surface area contributed by atoms with E-state index in [0.29, 0.717) is 24.4 Å². The third-order valence-electron chi connectivity index (χ3n) is 6.13. The van der Waals surface area contributed by atoms with Crippen molar-refractivity contribution in [2.45, 2.75) is 51.5 Å². The van der Waals surface area contributed by atoms with E-state index in [1.807, 2.05) is 29.2 Å². The Hall–Kier alpha value is -2.82. The van der Waals surface area contributed by atoms with Crippen LogP contribution in [0, 0.1) is 0 Å². The van der Waals surface area contributed by atoms with Crippen LogP contribution < -0.4 is 10.2 Å². The minimum atomic E-state index is 0.0464. The lowest BCUT2D eigenvalue weighted by Crippen LogP contribution is -2.45. The van der Waals surface area contributed by atoms with Gasteiger partial charge in [0.15, 0.2) is 0 Å². The van der Waals surface area contributed by atoms with Crippen molar-refractivity contribution in [3.8, 4) is 0 Å². The summed E-state index contributed by atoms with van der Waals surface area (Å²) < 4.78 is 0. The van der Waals surface area contributed by atoms with E-state index in [2.05, 4.69) is 43.4 Å². The van der Waals surface area contributed by atoms with Gasteiger partial charge in [0.1, 0.15) is 0 Å². The highest BCUT2D eigenvalue weighted by atomic mass is 16.2.